The van der Waals surface area contributed by atoms with Crippen LogP contribution in [0.5, 0.6) is 0 Å². The molecule has 0 aliphatic carbocycles. The van der Waals surface area contributed by atoms with E-state index in [0.29, 0.717) is 6.54 Å². The summed E-state index contributed by atoms with van der Waals surface area (Å²) in [4.78, 5) is 5.00. The van der Waals surface area contributed by atoms with Gasteiger partial charge in [-0.1, -0.05) is 97.1 Å². The Morgan fingerprint density at radius 1 is 0.579 bits per heavy atom. The molecule has 0 spiro atoms. The van der Waals surface area contributed by atoms with E-state index in [2.05, 4.69) is 114 Å². The zero-order valence-corrected chi connectivity index (χ0v) is 23.0. The van der Waals surface area contributed by atoms with Gasteiger partial charge in [-0.25, -0.2) is 0 Å². The summed E-state index contributed by atoms with van der Waals surface area (Å²) in [6.45, 7) is 2.30. The van der Waals surface area contributed by atoms with E-state index in [1.165, 1.54) is 54.3 Å². The third-order valence-corrected chi connectivity index (χ3v) is 9.50. The second kappa shape index (κ2) is 11.8. The maximum atomic E-state index is 9.94. The Balaban J connectivity index is 1.35. The largest absolute Gasteiger partial charge is 0.395 e. The van der Waals surface area contributed by atoms with Gasteiger partial charge in [-0.05, 0) is 56.7 Å². The van der Waals surface area contributed by atoms with Crippen molar-refractivity contribution in [2.24, 2.45) is 0 Å². The number of rotatable bonds is 6. The summed E-state index contributed by atoms with van der Waals surface area (Å²) >= 11 is 3.83. The van der Waals surface area contributed by atoms with E-state index in [0.717, 1.165) is 24.6 Å². The molecular formula is C34H31NOS2. The van der Waals surface area contributed by atoms with Gasteiger partial charge >= 0.3 is 0 Å². The Hall–Kier alpha value is -3.02. The number of thioether (sulfide) groups is 2. The molecule has 2 nitrogen and oxygen atoms in total. The molecule has 0 aromatic heterocycles. The van der Waals surface area contributed by atoms with Crippen LogP contribution in [0, 0.1) is 0 Å². The summed E-state index contributed by atoms with van der Waals surface area (Å²) in [5, 5.41) is 9.94. The van der Waals surface area contributed by atoms with Crippen LogP contribution in [0.15, 0.2) is 119 Å². The summed E-state index contributed by atoms with van der Waals surface area (Å²) in [5.41, 5.74) is 10.6. The van der Waals surface area contributed by atoms with Crippen molar-refractivity contribution < 1.29 is 5.11 Å². The van der Waals surface area contributed by atoms with Crippen molar-refractivity contribution in [1.82, 2.24) is 4.90 Å². The standard InChI is InChI=1S/C34H31NOS2/c36-22-21-35(19-17-29-27-11-3-1-9-25(27)23-37-33-15-7-5-13-31(29)33)20-18-30-28-12-4-2-10-26(28)24-38-34-16-8-6-14-32(30)34/h1-18,36H,19-24H2. The predicted octanol–water partition coefficient (Wildman–Crippen LogP) is 7.76. The van der Waals surface area contributed by atoms with Gasteiger partial charge in [-0.3, -0.25) is 4.90 Å². The van der Waals surface area contributed by atoms with Gasteiger partial charge in [-0.15, -0.1) is 23.5 Å². The van der Waals surface area contributed by atoms with Gasteiger partial charge in [0.25, 0.3) is 0 Å². The molecule has 38 heavy (non-hydrogen) atoms. The van der Waals surface area contributed by atoms with Gasteiger partial charge in [0.15, 0.2) is 0 Å². The summed E-state index contributed by atoms with van der Waals surface area (Å²) in [6, 6.07) is 35.0. The van der Waals surface area contributed by atoms with E-state index in [1.54, 1.807) is 0 Å². The van der Waals surface area contributed by atoms with Crippen molar-refractivity contribution in [3.8, 4) is 0 Å². The fourth-order valence-corrected chi connectivity index (χ4v) is 7.47. The molecule has 2 aliphatic rings. The van der Waals surface area contributed by atoms with Crippen molar-refractivity contribution in [2.75, 3.05) is 26.2 Å². The van der Waals surface area contributed by atoms with Crippen LogP contribution >= 0.6 is 23.5 Å². The number of benzene rings is 4. The Morgan fingerprint density at radius 3 is 1.47 bits per heavy atom. The number of hydrogen-bond donors (Lipinski definition) is 1. The number of aliphatic hydroxyl groups excluding tert-OH is 1. The highest BCUT2D eigenvalue weighted by Crippen LogP contribution is 2.41. The highest BCUT2D eigenvalue weighted by Gasteiger charge is 2.20. The molecule has 4 aromatic rings. The first-order chi connectivity index (χ1) is 18.8. The summed E-state index contributed by atoms with van der Waals surface area (Å²) in [6.07, 6.45) is 4.73. The van der Waals surface area contributed by atoms with Crippen LogP contribution in [0.1, 0.15) is 33.4 Å². The molecule has 4 heteroatoms. The highest BCUT2D eigenvalue weighted by atomic mass is 32.2. The minimum atomic E-state index is 0.137. The average molecular weight is 534 g/mol. The predicted molar refractivity (Wildman–Crippen MR) is 163 cm³/mol. The molecule has 2 aliphatic heterocycles. The van der Waals surface area contributed by atoms with E-state index in [4.69, 9.17) is 0 Å². The molecule has 0 atom stereocenters. The highest BCUT2D eigenvalue weighted by molar-refractivity contribution is 7.98. The number of fused-ring (bicyclic) bond motifs is 4. The molecule has 0 bridgehead atoms. The quantitative estimate of drug-likeness (QED) is 0.274. The van der Waals surface area contributed by atoms with Gasteiger partial charge in [-0.2, -0.15) is 0 Å². The first kappa shape index (κ1) is 25.3. The average Bonchev–Trinajstić information content (AvgIpc) is 3.23. The van der Waals surface area contributed by atoms with Gasteiger partial charge in [0, 0.05) is 40.9 Å². The topological polar surface area (TPSA) is 23.5 Å². The van der Waals surface area contributed by atoms with E-state index in [9.17, 15) is 5.11 Å². The molecule has 2 heterocycles. The summed E-state index contributed by atoms with van der Waals surface area (Å²) in [7, 11) is 0. The van der Waals surface area contributed by atoms with E-state index >= 15 is 0 Å². The van der Waals surface area contributed by atoms with Crippen molar-refractivity contribution in [3.63, 3.8) is 0 Å². The fourth-order valence-electron chi connectivity index (χ4n) is 5.33. The summed E-state index contributed by atoms with van der Waals surface area (Å²) in [5.74, 6) is 1.96. The first-order valence-electron chi connectivity index (χ1n) is 13.2. The second-order valence-corrected chi connectivity index (χ2v) is 11.6. The zero-order chi connectivity index (χ0) is 25.7. The SMILES string of the molecule is OCCN(CC=C1c2ccccc2CSc2ccccc21)CC=C1c2ccccc2CSc2ccccc21. The van der Waals surface area contributed by atoms with Gasteiger partial charge < -0.3 is 5.11 Å². The smallest absolute Gasteiger partial charge is 0.0558 e. The molecule has 0 fully saturated rings. The van der Waals surface area contributed by atoms with Crippen LogP contribution in [0.2, 0.25) is 0 Å². The lowest BCUT2D eigenvalue weighted by atomic mass is 9.93. The summed E-state index contributed by atoms with van der Waals surface area (Å²) < 4.78 is 0. The Morgan fingerprint density at radius 2 is 1.00 bits per heavy atom. The van der Waals surface area contributed by atoms with Crippen molar-refractivity contribution in [2.45, 2.75) is 21.3 Å². The number of hydrogen-bond acceptors (Lipinski definition) is 4. The van der Waals surface area contributed by atoms with Crippen LogP contribution in [0.3, 0.4) is 0 Å². The van der Waals surface area contributed by atoms with Gasteiger partial charge in [0.1, 0.15) is 0 Å². The molecule has 0 radical (unpaired) electrons. The molecule has 1 N–H and O–H groups in total. The number of nitrogens with zero attached hydrogens (tertiary/aromatic N) is 1. The molecule has 0 saturated heterocycles. The van der Waals surface area contributed by atoms with Gasteiger partial charge in [0.2, 0.25) is 0 Å². The fraction of sp³-hybridized carbons (Fsp3) is 0.176. The van der Waals surface area contributed by atoms with E-state index in [1.807, 2.05) is 23.5 Å². The van der Waals surface area contributed by atoms with Crippen LogP contribution < -0.4 is 0 Å². The molecule has 190 valence electrons. The molecular weight excluding hydrogens is 503 g/mol. The second-order valence-electron chi connectivity index (χ2n) is 9.60. The van der Waals surface area contributed by atoms with E-state index < -0.39 is 0 Å². The van der Waals surface area contributed by atoms with Gasteiger partial charge in [0.05, 0.1) is 6.61 Å². The van der Waals surface area contributed by atoms with Crippen molar-refractivity contribution in [3.05, 3.63) is 143 Å². The zero-order valence-electron chi connectivity index (χ0n) is 21.3. The first-order valence-corrected chi connectivity index (χ1v) is 15.1. The number of aliphatic hydroxyl groups is 1. The Bertz CT molecular complexity index is 1300. The van der Waals surface area contributed by atoms with Crippen molar-refractivity contribution in [1.29, 1.82) is 0 Å². The van der Waals surface area contributed by atoms with Crippen LogP contribution in [0.25, 0.3) is 11.1 Å². The lowest BCUT2D eigenvalue weighted by molar-refractivity contribution is 0.220. The molecule has 4 aromatic carbocycles. The third-order valence-electron chi connectivity index (χ3n) is 7.26. The monoisotopic (exact) mass is 533 g/mol. The van der Waals surface area contributed by atoms with Crippen LogP contribution in [0.4, 0.5) is 0 Å². The Kier molecular flexibility index (Phi) is 7.84. The molecule has 6 rings (SSSR count). The molecule has 0 unspecified atom stereocenters. The van der Waals surface area contributed by atoms with E-state index in [-0.39, 0.29) is 6.61 Å². The van der Waals surface area contributed by atoms with Crippen LogP contribution in [-0.2, 0) is 11.5 Å². The maximum absolute atomic E-state index is 9.94. The minimum absolute atomic E-state index is 0.137. The van der Waals surface area contributed by atoms with Crippen molar-refractivity contribution >= 4 is 34.7 Å². The molecule has 0 saturated carbocycles. The Labute approximate surface area is 234 Å². The minimum Gasteiger partial charge on any atom is -0.395 e. The van der Waals surface area contributed by atoms with Crippen LogP contribution in [-0.4, -0.2) is 36.2 Å². The lowest BCUT2D eigenvalue weighted by Gasteiger charge is -2.21. The lowest BCUT2D eigenvalue weighted by Crippen LogP contribution is -2.27. The normalized spacial score (nSPS) is 16.4. The maximum Gasteiger partial charge on any atom is 0.0558 e. The molecule has 0 amide bonds. The third kappa shape index (κ3) is 5.27.